The molecule has 0 fully saturated rings. The summed E-state index contributed by atoms with van der Waals surface area (Å²) in [4.78, 5) is 13.2. The van der Waals surface area contributed by atoms with Crippen LogP contribution in [0.4, 0.5) is 10.1 Å². The van der Waals surface area contributed by atoms with Gasteiger partial charge >= 0.3 is 5.97 Å². The molecule has 3 rings (SSSR count). The standard InChI is InChI=1S/C16H13ClFNO2/c17-12-5-3-6-13(18)11(12)9-19-14-7-2-1-4-10(14)8-15(19)16(20)21/h1-7,15H,8-9H2,(H,20,21). The number of carbonyl (C=O) groups is 1. The van der Waals surface area contributed by atoms with Crippen LogP contribution in [0.1, 0.15) is 11.1 Å². The summed E-state index contributed by atoms with van der Waals surface area (Å²) in [6.07, 6.45) is 0.414. The monoisotopic (exact) mass is 305 g/mol. The lowest BCUT2D eigenvalue weighted by Crippen LogP contribution is -2.38. The van der Waals surface area contributed by atoms with Gasteiger partial charge in [0, 0.05) is 29.2 Å². The second-order valence-electron chi connectivity index (χ2n) is 5.01. The van der Waals surface area contributed by atoms with Gasteiger partial charge in [0.1, 0.15) is 11.9 Å². The smallest absolute Gasteiger partial charge is 0.326 e. The van der Waals surface area contributed by atoms with Gasteiger partial charge in [0.25, 0.3) is 0 Å². The van der Waals surface area contributed by atoms with Gasteiger partial charge in [-0.25, -0.2) is 9.18 Å². The van der Waals surface area contributed by atoms with Crippen LogP contribution in [0.3, 0.4) is 0 Å². The third kappa shape index (κ3) is 2.47. The van der Waals surface area contributed by atoms with Gasteiger partial charge in [-0.1, -0.05) is 35.9 Å². The molecule has 21 heavy (non-hydrogen) atoms. The largest absolute Gasteiger partial charge is 0.480 e. The number of fused-ring (bicyclic) bond motifs is 1. The van der Waals surface area contributed by atoms with Gasteiger partial charge in [-0.15, -0.1) is 0 Å². The molecule has 1 aliphatic heterocycles. The Morgan fingerprint density at radius 3 is 2.76 bits per heavy atom. The number of carboxylic acid groups (broad SMARTS) is 1. The molecule has 0 saturated heterocycles. The molecule has 5 heteroatoms. The predicted octanol–water partition coefficient (Wildman–Crippen LogP) is 3.50. The fourth-order valence-corrected chi connectivity index (χ4v) is 2.94. The lowest BCUT2D eigenvalue weighted by molar-refractivity contribution is -0.138. The van der Waals surface area contributed by atoms with E-state index in [4.69, 9.17) is 11.6 Å². The summed E-state index contributed by atoms with van der Waals surface area (Å²) in [6.45, 7) is 0.138. The molecule has 0 amide bonds. The van der Waals surface area contributed by atoms with Crippen molar-refractivity contribution in [1.82, 2.24) is 0 Å². The van der Waals surface area contributed by atoms with Crippen molar-refractivity contribution >= 4 is 23.3 Å². The van der Waals surface area contributed by atoms with E-state index in [-0.39, 0.29) is 6.54 Å². The van der Waals surface area contributed by atoms with Crippen molar-refractivity contribution in [3.63, 3.8) is 0 Å². The lowest BCUT2D eigenvalue weighted by atomic mass is 10.1. The molecular weight excluding hydrogens is 293 g/mol. The fraction of sp³-hybridized carbons (Fsp3) is 0.188. The first kappa shape index (κ1) is 13.9. The quantitative estimate of drug-likeness (QED) is 0.943. The summed E-state index contributed by atoms with van der Waals surface area (Å²) < 4.78 is 13.9. The lowest BCUT2D eigenvalue weighted by Gasteiger charge is -2.25. The number of para-hydroxylation sites is 1. The second kappa shape index (κ2) is 5.37. The summed E-state index contributed by atoms with van der Waals surface area (Å²) in [5.41, 5.74) is 2.10. The van der Waals surface area contributed by atoms with Crippen molar-refractivity contribution in [2.24, 2.45) is 0 Å². The van der Waals surface area contributed by atoms with Crippen LogP contribution in [0.25, 0.3) is 0 Å². The van der Waals surface area contributed by atoms with Crippen molar-refractivity contribution in [3.05, 3.63) is 64.4 Å². The zero-order chi connectivity index (χ0) is 15.0. The van der Waals surface area contributed by atoms with E-state index >= 15 is 0 Å². The average molecular weight is 306 g/mol. The molecule has 2 aromatic rings. The maximum absolute atomic E-state index is 13.9. The van der Waals surface area contributed by atoms with Crippen LogP contribution in [0.2, 0.25) is 5.02 Å². The third-order valence-corrected chi connectivity index (χ3v) is 4.12. The molecule has 1 unspecified atom stereocenters. The number of benzene rings is 2. The minimum atomic E-state index is -0.918. The van der Waals surface area contributed by atoms with Crippen LogP contribution in [-0.2, 0) is 17.8 Å². The number of hydrogen-bond acceptors (Lipinski definition) is 2. The van der Waals surface area contributed by atoms with Crippen molar-refractivity contribution in [2.75, 3.05) is 4.90 Å². The molecule has 0 aromatic heterocycles. The van der Waals surface area contributed by atoms with Crippen LogP contribution < -0.4 is 4.90 Å². The number of rotatable bonds is 3. The van der Waals surface area contributed by atoms with Crippen molar-refractivity contribution in [3.8, 4) is 0 Å². The van der Waals surface area contributed by atoms with Gasteiger partial charge < -0.3 is 10.0 Å². The Hall–Kier alpha value is -2.07. The van der Waals surface area contributed by atoms with E-state index in [1.807, 2.05) is 24.3 Å². The van der Waals surface area contributed by atoms with Crippen LogP contribution >= 0.6 is 11.6 Å². The van der Waals surface area contributed by atoms with Crippen molar-refractivity contribution in [2.45, 2.75) is 19.0 Å². The highest BCUT2D eigenvalue weighted by atomic mass is 35.5. The molecule has 1 N–H and O–H groups in total. The zero-order valence-electron chi connectivity index (χ0n) is 11.1. The molecule has 0 spiro atoms. The van der Waals surface area contributed by atoms with E-state index in [0.29, 0.717) is 17.0 Å². The molecule has 1 aliphatic rings. The number of nitrogens with zero attached hydrogens (tertiary/aromatic N) is 1. The van der Waals surface area contributed by atoms with Crippen LogP contribution in [0.15, 0.2) is 42.5 Å². The Morgan fingerprint density at radius 1 is 1.29 bits per heavy atom. The van der Waals surface area contributed by atoms with Crippen LogP contribution in [-0.4, -0.2) is 17.1 Å². The maximum atomic E-state index is 13.9. The minimum Gasteiger partial charge on any atom is -0.480 e. The Bertz CT molecular complexity index is 684. The summed E-state index contributed by atoms with van der Waals surface area (Å²) in [7, 11) is 0. The number of aliphatic carboxylic acids is 1. The molecular formula is C16H13ClFNO2. The van der Waals surface area contributed by atoms with Crippen LogP contribution in [0.5, 0.6) is 0 Å². The highest BCUT2D eigenvalue weighted by Gasteiger charge is 2.34. The minimum absolute atomic E-state index is 0.138. The first-order valence-electron chi connectivity index (χ1n) is 6.58. The first-order chi connectivity index (χ1) is 10.1. The van der Waals surface area contributed by atoms with Gasteiger partial charge in [0.2, 0.25) is 0 Å². The Balaban J connectivity index is 2.01. The highest BCUT2D eigenvalue weighted by Crippen LogP contribution is 2.34. The summed E-state index contributed by atoms with van der Waals surface area (Å²) in [6, 6.07) is 11.3. The van der Waals surface area contributed by atoms with Gasteiger partial charge in [-0.3, -0.25) is 0 Å². The zero-order valence-corrected chi connectivity index (χ0v) is 11.8. The Kier molecular flexibility index (Phi) is 3.55. The molecule has 0 radical (unpaired) electrons. The average Bonchev–Trinajstić information content (AvgIpc) is 2.82. The van der Waals surface area contributed by atoms with E-state index in [0.717, 1.165) is 11.3 Å². The fourth-order valence-electron chi connectivity index (χ4n) is 2.72. The normalized spacial score (nSPS) is 16.9. The number of hydrogen-bond donors (Lipinski definition) is 1. The van der Waals surface area contributed by atoms with Gasteiger partial charge in [-0.2, -0.15) is 0 Å². The number of halogens is 2. The summed E-state index contributed by atoms with van der Waals surface area (Å²) in [5, 5.41) is 9.71. The Morgan fingerprint density at radius 2 is 2.05 bits per heavy atom. The predicted molar refractivity (Wildman–Crippen MR) is 79.2 cm³/mol. The van der Waals surface area contributed by atoms with Crippen molar-refractivity contribution in [1.29, 1.82) is 0 Å². The van der Waals surface area contributed by atoms with E-state index in [9.17, 15) is 14.3 Å². The number of carboxylic acids is 1. The molecule has 108 valence electrons. The maximum Gasteiger partial charge on any atom is 0.326 e. The highest BCUT2D eigenvalue weighted by molar-refractivity contribution is 6.31. The molecule has 0 saturated carbocycles. The first-order valence-corrected chi connectivity index (χ1v) is 6.96. The van der Waals surface area contributed by atoms with E-state index in [1.54, 1.807) is 11.0 Å². The molecule has 2 aromatic carbocycles. The summed E-state index contributed by atoms with van der Waals surface area (Å²) >= 11 is 6.05. The third-order valence-electron chi connectivity index (χ3n) is 3.77. The number of anilines is 1. The Labute approximate surface area is 126 Å². The topological polar surface area (TPSA) is 40.5 Å². The van der Waals surface area contributed by atoms with E-state index in [1.165, 1.54) is 12.1 Å². The van der Waals surface area contributed by atoms with Gasteiger partial charge in [0.15, 0.2) is 0 Å². The van der Waals surface area contributed by atoms with Crippen LogP contribution in [0, 0.1) is 5.82 Å². The molecule has 1 heterocycles. The molecule has 3 nitrogen and oxygen atoms in total. The van der Waals surface area contributed by atoms with Gasteiger partial charge in [0.05, 0.1) is 0 Å². The molecule has 0 bridgehead atoms. The molecule has 1 atom stereocenters. The summed E-state index contributed by atoms with van der Waals surface area (Å²) in [5.74, 6) is -1.34. The SMILES string of the molecule is O=C(O)C1Cc2ccccc2N1Cc1c(F)cccc1Cl. The van der Waals surface area contributed by atoms with Gasteiger partial charge in [-0.05, 0) is 23.8 Å². The van der Waals surface area contributed by atoms with E-state index in [2.05, 4.69) is 0 Å². The second-order valence-corrected chi connectivity index (χ2v) is 5.42. The molecule has 0 aliphatic carbocycles. The van der Waals surface area contributed by atoms with E-state index < -0.39 is 17.8 Å². The van der Waals surface area contributed by atoms with Crippen molar-refractivity contribution < 1.29 is 14.3 Å².